The molecule has 1 atom stereocenters. The van der Waals surface area contributed by atoms with Crippen LogP contribution in [0, 0.1) is 20.8 Å². The Morgan fingerprint density at radius 3 is 2.67 bits per heavy atom. The molecule has 0 amide bonds. The van der Waals surface area contributed by atoms with Gasteiger partial charge in [0.2, 0.25) is 0 Å². The van der Waals surface area contributed by atoms with Crippen LogP contribution in [-0.4, -0.2) is 46.5 Å². The van der Waals surface area contributed by atoms with Gasteiger partial charge in [0.15, 0.2) is 0 Å². The second-order valence-electron chi connectivity index (χ2n) is 9.35. The highest BCUT2D eigenvalue weighted by molar-refractivity contribution is 5.34. The molecule has 0 radical (unpaired) electrons. The highest BCUT2D eigenvalue weighted by atomic mass is 16.5. The highest BCUT2D eigenvalue weighted by Gasteiger charge is 2.25. The van der Waals surface area contributed by atoms with Crippen molar-refractivity contribution in [2.45, 2.75) is 59.7 Å². The molecule has 3 aromatic rings. The molecule has 0 aliphatic carbocycles. The van der Waals surface area contributed by atoms with E-state index >= 15 is 0 Å². The maximum atomic E-state index is 6.19. The topological polar surface area (TPSA) is 52.4 Å². The Kier molecular flexibility index (Phi) is 7.15. The maximum Gasteiger partial charge on any atom is 0.119 e. The van der Waals surface area contributed by atoms with Crippen molar-refractivity contribution in [2.75, 3.05) is 26.8 Å². The van der Waals surface area contributed by atoms with Crippen molar-refractivity contribution in [3.8, 4) is 5.75 Å². The van der Waals surface area contributed by atoms with E-state index in [0.717, 1.165) is 48.9 Å². The molecule has 0 unspecified atom stereocenters. The smallest absolute Gasteiger partial charge is 0.119 e. The number of ether oxygens (including phenoxy) is 2. The van der Waals surface area contributed by atoms with Gasteiger partial charge < -0.3 is 9.47 Å². The summed E-state index contributed by atoms with van der Waals surface area (Å²) >= 11 is 0. The van der Waals surface area contributed by atoms with Gasteiger partial charge in [-0.25, -0.2) is 0 Å². The fourth-order valence-electron chi connectivity index (χ4n) is 4.73. The van der Waals surface area contributed by atoms with E-state index in [9.17, 15) is 0 Å². The van der Waals surface area contributed by atoms with Crippen LogP contribution >= 0.6 is 0 Å². The van der Waals surface area contributed by atoms with E-state index in [4.69, 9.17) is 19.6 Å². The monoisotopic (exact) mass is 448 g/mol. The lowest BCUT2D eigenvalue weighted by atomic mass is 10.0. The third-order valence-electron chi connectivity index (χ3n) is 6.40. The van der Waals surface area contributed by atoms with Crippen molar-refractivity contribution in [1.82, 2.24) is 19.7 Å². The molecule has 1 aliphatic rings. The third kappa shape index (κ3) is 5.45. The molecule has 4 rings (SSSR count). The second-order valence-corrected chi connectivity index (χ2v) is 9.35. The number of benzene rings is 1. The minimum Gasteiger partial charge on any atom is -0.497 e. The lowest BCUT2D eigenvalue weighted by molar-refractivity contribution is -0.0352. The number of methoxy groups -OCH3 is 1. The number of aromatic nitrogens is 3. The molecule has 1 aromatic carbocycles. The predicted octanol–water partition coefficient (Wildman–Crippen LogP) is 4.96. The van der Waals surface area contributed by atoms with Crippen LogP contribution in [0.2, 0.25) is 0 Å². The number of aryl methyl sites for hydroxylation is 2. The summed E-state index contributed by atoms with van der Waals surface area (Å²) in [6.45, 7) is 14.1. The minimum atomic E-state index is -0.0246. The number of rotatable bonds is 7. The molecular formula is C27H36N4O2. The van der Waals surface area contributed by atoms with Gasteiger partial charge in [0.05, 0.1) is 25.1 Å². The SMILES string of the molecule is COc1cccc(Cc2cc(C)nc([C@@H]3CN(Cc4c(C)nn(C(C)C)c4C)CCO3)c2)c1. The average molecular weight is 449 g/mol. The quantitative estimate of drug-likeness (QED) is 0.511. The first kappa shape index (κ1) is 23.5. The van der Waals surface area contributed by atoms with E-state index in [-0.39, 0.29) is 6.10 Å². The fourth-order valence-corrected chi connectivity index (χ4v) is 4.73. The molecule has 0 saturated carbocycles. The molecule has 0 spiro atoms. The molecule has 176 valence electrons. The zero-order valence-corrected chi connectivity index (χ0v) is 20.8. The van der Waals surface area contributed by atoms with Gasteiger partial charge in [0.25, 0.3) is 0 Å². The zero-order chi connectivity index (χ0) is 23.5. The third-order valence-corrected chi connectivity index (χ3v) is 6.40. The Morgan fingerprint density at radius 2 is 1.94 bits per heavy atom. The summed E-state index contributed by atoms with van der Waals surface area (Å²) < 4.78 is 13.7. The van der Waals surface area contributed by atoms with Crippen molar-refractivity contribution in [1.29, 1.82) is 0 Å². The second kappa shape index (κ2) is 10.1. The molecule has 1 fully saturated rings. The van der Waals surface area contributed by atoms with Gasteiger partial charge in [-0.3, -0.25) is 14.6 Å². The van der Waals surface area contributed by atoms with E-state index in [2.05, 4.69) is 68.5 Å². The molecule has 2 aromatic heterocycles. The van der Waals surface area contributed by atoms with Gasteiger partial charge in [0.1, 0.15) is 11.9 Å². The standard InChI is InChI=1S/C27H36N4O2/c1-18(2)31-21(5)25(20(4)29-31)16-30-10-11-33-27(17-30)26-15-23(12-19(3)28-26)13-22-8-7-9-24(14-22)32-6/h7-9,12,14-15,18,27H,10-11,13,16-17H2,1-6H3/t27-/m0/s1. The molecule has 1 saturated heterocycles. The first-order valence-corrected chi connectivity index (χ1v) is 11.8. The molecule has 1 aliphatic heterocycles. The summed E-state index contributed by atoms with van der Waals surface area (Å²) in [6, 6.07) is 13.0. The van der Waals surface area contributed by atoms with Gasteiger partial charge in [-0.2, -0.15) is 5.10 Å². The Hall–Kier alpha value is -2.70. The zero-order valence-electron chi connectivity index (χ0n) is 20.8. The van der Waals surface area contributed by atoms with E-state index in [1.54, 1.807) is 7.11 Å². The van der Waals surface area contributed by atoms with Crippen molar-refractivity contribution in [2.24, 2.45) is 0 Å². The molecular weight excluding hydrogens is 412 g/mol. The summed E-state index contributed by atoms with van der Waals surface area (Å²) in [7, 11) is 1.71. The van der Waals surface area contributed by atoms with Gasteiger partial charge in [-0.05, 0) is 76.4 Å². The number of nitrogens with zero attached hydrogens (tertiary/aromatic N) is 4. The molecule has 6 nitrogen and oxygen atoms in total. The fraction of sp³-hybridized carbons (Fsp3) is 0.481. The van der Waals surface area contributed by atoms with Crippen molar-refractivity contribution < 1.29 is 9.47 Å². The molecule has 33 heavy (non-hydrogen) atoms. The van der Waals surface area contributed by atoms with E-state index in [0.29, 0.717) is 12.6 Å². The van der Waals surface area contributed by atoms with Gasteiger partial charge in [-0.15, -0.1) is 0 Å². The molecule has 3 heterocycles. The number of hydrogen-bond acceptors (Lipinski definition) is 5. The predicted molar refractivity (Wildman–Crippen MR) is 131 cm³/mol. The lowest BCUT2D eigenvalue weighted by Crippen LogP contribution is -2.38. The summed E-state index contributed by atoms with van der Waals surface area (Å²) in [4.78, 5) is 7.32. The van der Waals surface area contributed by atoms with E-state index in [1.807, 2.05) is 12.1 Å². The van der Waals surface area contributed by atoms with Crippen molar-refractivity contribution >= 4 is 0 Å². The van der Waals surface area contributed by atoms with E-state index < -0.39 is 0 Å². The Morgan fingerprint density at radius 1 is 1.12 bits per heavy atom. The van der Waals surface area contributed by atoms with Crippen LogP contribution in [0.1, 0.15) is 65.5 Å². The molecule has 6 heteroatoms. The van der Waals surface area contributed by atoms with Crippen molar-refractivity contribution in [3.63, 3.8) is 0 Å². The summed E-state index contributed by atoms with van der Waals surface area (Å²) in [5, 5.41) is 4.77. The lowest BCUT2D eigenvalue weighted by Gasteiger charge is -2.33. The first-order chi connectivity index (χ1) is 15.8. The number of morpholine rings is 1. The van der Waals surface area contributed by atoms with Crippen LogP contribution in [0.3, 0.4) is 0 Å². The van der Waals surface area contributed by atoms with Crippen LogP contribution in [0.4, 0.5) is 0 Å². The minimum absolute atomic E-state index is 0.0246. The average Bonchev–Trinajstić information content (AvgIpc) is 3.07. The van der Waals surface area contributed by atoms with Crippen LogP contribution < -0.4 is 4.74 Å². The van der Waals surface area contributed by atoms with E-state index in [1.165, 1.54) is 22.4 Å². The largest absolute Gasteiger partial charge is 0.497 e. The maximum absolute atomic E-state index is 6.19. The molecule has 0 N–H and O–H groups in total. The summed E-state index contributed by atoms with van der Waals surface area (Å²) in [5.41, 5.74) is 8.24. The Bertz CT molecular complexity index is 1110. The molecule has 0 bridgehead atoms. The van der Waals surface area contributed by atoms with Gasteiger partial charge >= 0.3 is 0 Å². The van der Waals surface area contributed by atoms with Crippen molar-refractivity contribution in [3.05, 3.63) is 75.9 Å². The normalized spacial score (nSPS) is 17.0. The highest BCUT2D eigenvalue weighted by Crippen LogP contribution is 2.26. The summed E-state index contributed by atoms with van der Waals surface area (Å²) in [5.74, 6) is 0.885. The van der Waals surface area contributed by atoms with Crippen LogP contribution in [0.25, 0.3) is 0 Å². The Labute approximate surface area is 197 Å². The first-order valence-electron chi connectivity index (χ1n) is 11.8. The van der Waals surface area contributed by atoms with Gasteiger partial charge in [-0.1, -0.05) is 12.1 Å². The van der Waals surface area contributed by atoms with Crippen LogP contribution in [0.5, 0.6) is 5.75 Å². The number of hydrogen-bond donors (Lipinski definition) is 0. The number of pyridine rings is 1. The van der Waals surface area contributed by atoms with Crippen LogP contribution in [-0.2, 0) is 17.7 Å². The Balaban J connectivity index is 1.50. The van der Waals surface area contributed by atoms with Gasteiger partial charge in [0, 0.05) is 42.6 Å². The van der Waals surface area contributed by atoms with Crippen LogP contribution in [0.15, 0.2) is 36.4 Å². The summed E-state index contributed by atoms with van der Waals surface area (Å²) in [6.07, 6.45) is 0.819.